The van der Waals surface area contributed by atoms with Gasteiger partial charge < -0.3 is 0 Å². The van der Waals surface area contributed by atoms with E-state index >= 15 is 0 Å². The number of benzene rings is 2. The number of hydrogen-bond acceptors (Lipinski definition) is 2. The predicted octanol–water partition coefficient (Wildman–Crippen LogP) is 4.06. The molecule has 1 amide bonds. The van der Waals surface area contributed by atoms with E-state index in [-0.39, 0.29) is 0 Å². The maximum atomic E-state index is 11.4. The van der Waals surface area contributed by atoms with Gasteiger partial charge in [-0.05, 0) is 49.2 Å². The fourth-order valence-electron chi connectivity index (χ4n) is 2.17. The van der Waals surface area contributed by atoms with E-state index in [2.05, 4.69) is 26.0 Å². The summed E-state index contributed by atoms with van der Waals surface area (Å²) in [6.45, 7) is 4.13. The van der Waals surface area contributed by atoms with Gasteiger partial charge in [0, 0.05) is 9.79 Å². The van der Waals surface area contributed by atoms with Gasteiger partial charge in [0.15, 0.2) is 0 Å². The molecule has 2 nitrogen and oxygen atoms in total. The van der Waals surface area contributed by atoms with E-state index in [1.54, 1.807) is 16.7 Å². The molecular weight excluding hydrogens is 242 g/mol. The summed E-state index contributed by atoms with van der Waals surface area (Å²) in [4.78, 5) is 15.4. The van der Waals surface area contributed by atoms with E-state index in [1.807, 2.05) is 24.3 Å². The smallest absolute Gasteiger partial charge is 0.218 e. The molecule has 3 rings (SSSR count). The molecule has 1 aliphatic rings. The molecule has 0 atom stereocenters. The molecule has 1 aliphatic heterocycles. The van der Waals surface area contributed by atoms with Crippen molar-refractivity contribution in [2.45, 2.75) is 23.6 Å². The Labute approximate surface area is 111 Å². The summed E-state index contributed by atoms with van der Waals surface area (Å²) in [5, 5.41) is 0. The first-order valence-corrected chi connectivity index (χ1v) is 6.64. The second-order valence-electron chi connectivity index (χ2n) is 4.52. The molecule has 0 N–H and O–H groups in total. The Morgan fingerprint density at radius 2 is 1.44 bits per heavy atom. The number of aryl methyl sites for hydroxylation is 2. The van der Waals surface area contributed by atoms with Crippen molar-refractivity contribution >= 4 is 29.5 Å². The summed E-state index contributed by atoms with van der Waals surface area (Å²) in [5.41, 5.74) is 4.36. The second kappa shape index (κ2) is 4.18. The third-order valence-corrected chi connectivity index (χ3v) is 4.17. The first kappa shape index (κ1) is 11.4. The van der Waals surface area contributed by atoms with E-state index in [1.165, 1.54) is 11.1 Å². The molecule has 0 aromatic heterocycles. The summed E-state index contributed by atoms with van der Waals surface area (Å²) in [6, 6.07) is 12.3. The van der Waals surface area contributed by atoms with Crippen LogP contribution in [0.5, 0.6) is 0 Å². The largest absolute Gasteiger partial charge is 0.281 e. The Morgan fingerprint density at radius 1 is 0.944 bits per heavy atom. The molecule has 0 aliphatic carbocycles. The number of hydrogen-bond donors (Lipinski definition) is 0. The minimum atomic E-state index is 0.891. The van der Waals surface area contributed by atoms with Gasteiger partial charge in [-0.25, -0.2) is 0 Å². The van der Waals surface area contributed by atoms with Crippen LogP contribution < -0.4 is 4.90 Å². The third kappa shape index (κ3) is 1.71. The molecule has 18 heavy (non-hydrogen) atoms. The Bertz CT molecular complexity index is 585. The van der Waals surface area contributed by atoms with Crippen LogP contribution in [-0.2, 0) is 4.79 Å². The molecule has 2 aromatic rings. The van der Waals surface area contributed by atoms with Crippen molar-refractivity contribution < 1.29 is 4.79 Å². The van der Waals surface area contributed by atoms with Crippen LogP contribution in [0.1, 0.15) is 11.1 Å². The fourth-order valence-corrected chi connectivity index (χ4v) is 3.43. The minimum Gasteiger partial charge on any atom is -0.281 e. The van der Waals surface area contributed by atoms with E-state index in [9.17, 15) is 4.79 Å². The van der Waals surface area contributed by atoms with Crippen molar-refractivity contribution in [2.24, 2.45) is 0 Å². The molecule has 0 fully saturated rings. The van der Waals surface area contributed by atoms with Crippen LogP contribution in [0.2, 0.25) is 0 Å². The standard InChI is InChI=1S/C15H13NOS/c1-10-3-5-12-14(7-10)18-15-8-11(2)4-6-13(15)16(12)9-17/h3-9H,1-2H3. The highest BCUT2D eigenvalue weighted by Gasteiger charge is 2.22. The van der Waals surface area contributed by atoms with Gasteiger partial charge >= 0.3 is 0 Å². The van der Waals surface area contributed by atoms with Crippen LogP contribution >= 0.6 is 11.8 Å². The highest BCUT2D eigenvalue weighted by Crippen LogP contribution is 2.47. The maximum absolute atomic E-state index is 11.4. The summed E-state index contributed by atoms with van der Waals surface area (Å²) in [6.07, 6.45) is 0.891. The lowest BCUT2D eigenvalue weighted by Gasteiger charge is -2.28. The fraction of sp³-hybridized carbons (Fsp3) is 0.133. The zero-order chi connectivity index (χ0) is 12.7. The van der Waals surface area contributed by atoms with E-state index in [0.717, 1.165) is 27.6 Å². The van der Waals surface area contributed by atoms with Crippen molar-refractivity contribution in [3.8, 4) is 0 Å². The third-order valence-electron chi connectivity index (χ3n) is 3.08. The van der Waals surface area contributed by atoms with Crippen LogP contribution in [0, 0.1) is 13.8 Å². The monoisotopic (exact) mass is 255 g/mol. The molecule has 0 spiro atoms. The molecule has 0 saturated heterocycles. The van der Waals surface area contributed by atoms with Crippen molar-refractivity contribution in [1.82, 2.24) is 0 Å². The Kier molecular flexibility index (Phi) is 2.63. The van der Waals surface area contributed by atoms with Gasteiger partial charge in [0.2, 0.25) is 6.41 Å². The van der Waals surface area contributed by atoms with E-state index < -0.39 is 0 Å². The van der Waals surface area contributed by atoms with Gasteiger partial charge in [-0.1, -0.05) is 23.9 Å². The zero-order valence-electron chi connectivity index (χ0n) is 10.3. The topological polar surface area (TPSA) is 20.3 Å². The number of anilines is 2. The van der Waals surface area contributed by atoms with Crippen molar-refractivity contribution in [3.05, 3.63) is 47.5 Å². The molecule has 0 saturated carbocycles. The summed E-state index contributed by atoms with van der Waals surface area (Å²) in [7, 11) is 0. The molecular formula is C15H13NOS. The van der Waals surface area contributed by atoms with Crippen LogP contribution in [0.4, 0.5) is 11.4 Å². The normalized spacial score (nSPS) is 12.9. The van der Waals surface area contributed by atoms with E-state index in [4.69, 9.17) is 0 Å². The first-order chi connectivity index (χ1) is 8.69. The second-order valence-corrected chi connectivity index (χ2v) is 5.60. The van der Waals surface area contributed by atoms with Crippen molar-refractivity contribution in [3.63, 3.8) is 0 Å². The summed E-state index contributed by atoms with van der Waals surface area (Å²) < 4.78 is 0. The van der Waals surface area contributed by atoms with Crippen LogP contribution in [0.15, 0.2) is 46.2 Å². The van der Waals surface area contributed by atoms with Gasteiger partial charge in [-0.15, -0.1) is 0 Å². The number of rotatable bonds is 1. The number of carbonyl (C=O) groups is 1. The Morgan fingerprint density at radius 3 is 1.89 bits per heavy atom. The SMILES string of the molecule is Cc1ccc2c(c1)Sc1cc(C)ccc1N2C=O. The van der Waals surface area contributed by atoms with Gasteiger partial charge in [-0.2, -0.15) is 0 Å². The Hall–Kier alpha value is -1.74. The highest BCUT2D eigenvalue weighted by atomic mass is 32.2. The average molecular weight is 255 g/mol. The van der Waals surface area contributed by atoms with Crippen LogP contribution in [0.25, 0.3) is 0 Å². The van der Waals surface area contributed by atoms with Gasteiger partial charge in [0.05, 0.1) is 11.4 Å². The van der Waals surface area contributed by atoms with Gasteiger partial charge in [0.1, 0.15) is 0 Å². The zero-order valence-corrected chi connectivity index (χ0v) is 11.1. The summed E-state index contributed by atoms with van der Waals surface area (Å²) in [5.74, 6) is 0. The molecule has 2 aromatic carbocycles. The number of amides is 1. The average Bonchev–Trinajstić information content (AvgIpc) is 2.35. The van der Waals surface area contributed by atoms with Crippen molar-refractivity contribution in [2.75, 3.05) is 4.90 Å². The molecule has 0 radical (unpaired) electrons. The molecule has 0 bridgehead atoms. The lowest BCUT2D eigenvalue weighted by Crippen LogP contribution is -2.18. The highest BCUT2D eigenvalue weighted by molar-refractivity contribution is 7.99. The number of carbonyl (C=O) groups excluding carboxylic acids is 1. The molecule has 3 heteroatoms. The van der Waals surface area contributed by atoms with E-state index in [0.29, 0.717) is 0 Å². The molecule has 0 unspecified atom stereocenters. The van der Waals surface area contributed by atoms with Crippen molar-refractivity contribution in [1.29, 1.82) is 0 Å². The maximum Gasteiger partial charge on any atom is 0.218 e. The predicted molar refractivity (Wildman–Crippen MR) is 74.7 cm³/mol. The molecule has 1 heterocycles. The molecule has 90 valence electrons. The number of fused-ring (bicyclic) bond motifs is 2. The summed E-state index contributed by atoms with van der Waals surface area (Å²) >= 11 is 1.73. The Balaban J connectivity index is 2.21. The van der Waals surface area contributed by atoms with Gasteiger partial charge in [0.25, 0.3) is 0 Å². The quantitative estimate of drug-likeness (QED) is 0.716. The minimum absolute atomic E-state index is 0.891. The van der Waals surface area contributed by atoms with Crippen LogP contribution in [-0.4, -0.2) is 6.41 Å². The lowest BCUT2D eigenvalue weighted by molar-refractivity contribution is -0.106. The van der Waals surface area contributed by atoms with Crippen LogP contribution in [0.3, 0.4) is 0 Å². The lowest BCUT2D eigenvalue weighted by atomic mass is 10.1. The first-order valence-electron chi connectivity index (χ1n) is 5.83. The van der Waals surface area contributed by atoms with Gasteiger partial charge in [-0.3, -0.25) is 9.69 Å². The number of nitrogens with zero attached hydrogens (tertiary/aromatic N) is 1.